The number of methoxy groups -OCH3 is 1. The fraction of sp³-hybridized carbons (Fsp3) is 0.0417. The van der Waals surface area contributed by atoms with Crippen molar-refractivity contribution in [3.8, 4) is 23.0 Å². The number of nitro benzene ring substituents is 2. The molecule has 192 valence electrons. The summed E-state index contributed by atoms with van der Waals surface area (Å²) in [6.45, 7) is 0. The summed E-state index contributed by atoms with van der Waals surface area (Å²) in [5.74, 6) is -2.15. The number of nitrogens with one attached hydrogen (secondary N) is 1. The lowest BCUT2D eigenvalue weighted by molar-refractivity contribution is -0.394. The molecule has 1 aliphatic rings. The van der Waals surface area contributed by atoms with Crippen LogP contribution in [0.25, 0.3) is 6.08 Å². The van der Waals surface area contributed by atoms with Gasteiger partial charge in [-0.3, -0.25) is 35.1 Å². The van der Waals surface area contributed by atoms with E-state index in [2.05, 4.69) is 5.32 Å². The van der Waals surface area contributed by atoms with Crippen molar-refractivity contribution in [1.29, 1.82) is 0 Å². The van der Waals surface area contributed by atoms with Gasteiger partial charge in [0.1, 0.15) is 11.3 Å². The van der Waals surface area contributed by atoms with E-state index in [-0.39, 0.29) is 39.8 Å². The van der Waals surface area contributed by atoms with Gasteiger partial charge in [0.05, 0.1) is 28.7 Å². The van der Waals surface area contributed by atoms with Crippen molar-refractivity contribution < 1.29 is 38.8 Å². The molecule has 3 aromatic carbocycles. The van der Waals surface area contributed by atoms with Crippen LogP contribution < -0.4 is 19.7 Å². The van der Waals surface area contributed by atoms with Crippen LogP contribution in [0.4, 0.5) is 21.9 Å². The number of hydrogen-bond donors (Lipinski definition) is 2. The summed E-state index contributed by atoms with van der Waals surface area (Å²) in [7, 11) is 1.28. The SMILES string of the molecule is COc1cc(/C=C2\C(=O)NC(=O)N(c3ccc(O)cc3)C2=O)ccc1Oc1ccc([N+](=O)[O-])cc1[N+](=O)[O-]. The highest BCUT2D eigenvalue weighted by atomic mass is 16.6. The van der Waals surface area contributed by atoms with Crippen LogP contribution in [0.15, 0.2) is 66.2 Å². The first-order chi connectivity index (χ1) is 18.1. The van der Waals surface area contributed by atoms with Gasteiger partial charge in [0.2, 0.25) is 5.75 Å². The van der Waals surface area contributed by atoms with Gasteiger partial charge in [0.25, 0.3) is 17.5 Å². The molecule has 14 heteroatoms. The van der Waals surface area contributed by atoms with Gasteiger partial charge < -0.3 is 14.6 Å². The monoisotopic (exact) mass is 520 g/mol. The van der Waals surface area contributed by atoms with Crippen molar-refractivity contribution in [2.75, 3.05) is 12.0 Å². The third kappa shape index (κ3) is 4.94. The zero-order valence-corrected chi connectivity index (χ0v) is 19.3. The van der Waals surface area contributed by atoms with Gasteiger partial charge in [-0.25, -0.2) is 9.69 Å². The van der Waals surface area contributed by atoms with Gasteiger partial charge in [-0.2, -0.15) is 0 Å². The zero-order valence-electron chi connectivity index (χ0n) is 19.3. The van der Waals surface area contributed by atoms with E-state index in [0.29, 0.717) is 0 Å². The van der Waals surface area contributed by atoms with Crippen molar-refractivity contribution >= 4 is 41.0 Å². The number of hydrogen-bond acceptors (Lipinski definition) is 10. The Morgan fingerprint density at radius 2 is 1.58 bits per heavy atom. The average Bonchev–Trinajstić information content (AvgIpc) is 2.88. The Bertz CT molecular complexity index is 1530. The van der Waals surface area contributed by atoms with Gasteiger partial charge in [-0.05, 0) is 54.1 Å². The Balaban J connectivity index is 1.66. The predicted molar refractivity (Wildman–Crippen MR) is 130 cm³/mol. The number of urea groups is 1. The van der Waals surface area contributed by atoms with Crippen molar-refractivity contribution in [2.45, 2.75) is 0 Å². The number of barbiturate groups is 1. The van der Waals surface area contributed by atoms with Crippen LogP contribution in [-0.4, -0.2) is 39.9 Å². The quantitative estimate of drug-likeness (QED) is 0.201. The summed E-state index contributed by atoms with van der Waals surface area (Å²) in [5, 5.41) is 33.9. The van der Waals surface area contributed by atoms with E-state index in [9.17, 15) is 39.7 Å². The molecule has 0 aromatic heterocycles. The van der Waals surface area contributed by atoms with E-state index in [0.717, 1.165) is 23.1 Å². The van der Waals surface area contributed by atoms with E-state index >= 15 is 0 Å². The highest BCUT2D eigenvalue weighted by Gasteiger charge is 2.36. The minimum Gasteiger partial charge on any atom is -0.508 e. The van der Waals surface area contributed by atoms with Crippen LogP contribution >= 0.6 is 0 Å². The lowest BCUT2D eigenvalue weighted by atomic mass is 10.1. The topological polar surface area (TPSA) is 191 Å². The number of carbonyl (C=O) groups excluding carboxylic acids is 3. The molecule has 3 aromatic rings. The molecule has 1 saturated heterocycles. The van der Waals surface area contributed by atoms with E-state index in [1.807, 2.05) is 0 Å². The van der Waals surface area contributed by atoms with Crippen molar-refractivity contribution in [3.63, 3.8) is 0 Å². The largest absolute Gasteiger partial charge is 0.508 e. The van der Waals surface area contributed by atoms with Crippen LogP contribution in [0.1, 0.15) is 5.56 Å². The molecule has 4 rings (SSSR count). The van der Waals surface area contributed by atoms with Crippen molar-refractivity contribution in [1.82, 2.24) is 5.32 Å². The Hall–Kier alpha value is -5.79. The molecule has 0 saturated carbocycles. The Labute approximate surface area is 212 Å². The highest BCUT2D eigenvalue weighted by molar-refractivity contribution is 6.39. The number of anilines is 1. The summed E-state index contributed by atoms with van der Waals surface area (Å²) in [6, 6.07) is 11.3. The molecule has 0 spiro atoms. The molecule has 1 aliphatic heterocycles. The molecule has 1 heterocycles. The molecule has 0 aliphatic carbocycles. The summed E-state index contributed by atoms with van der Waals surface area (Å²) < 4.78 is 10.9. The normalized spacial score (nSPS) is 14.3. The van der Waals surface area contributed by atoms with Crippen molar-refractivity contribution in [2.24, 2.45) is 0 Å². The van der Waals surface area contributed by atoms with Crippen LogP contribution in [0.3, 0.4) is 0 Å². The summed E-state index contributed by atoms with van der Waals surface area (Å²) in [6.07, 6.45) is 1.21. The predicted octanol–water partition coefficient (Wildman–Crippen LogP) is 3.68. The Morgan fingerprint density at radius 3 is 2.21 bits per heavy atom. The zero-order chi connectivity index (χ0) is 27.6. The minimum atomic E-state index is -0.964. The average molecular weight is 520 g/mol. The summed E-state index contributed by atoms with van der Waals surface area (Å²) >= 11 is 0. The number of rotatable bonds is 7. The number of amides is 4. The number of carbonyl (C=O) groups is 3. The minimum absolute atomic E-state index is 0.00641. The second-order valence-electron chi connectivity index (χ2n) is 7.65. The third-order valence-corrected chi connectivity index (χ3v) is 5.28. The Morgan fingerprint density at radius 1 is 0.895 bits per heavy atom. The second kappa shape index (κ2) is 10.1. The van der Waals surface area contributed by atoms with Gasteiger partial charge >= 0.3 is 11.7 Å². The van der Waals surface area contributed by atoms with E-state index < -0.39 is 39.1 Å². The third-order valence-electron chi connectivity index (χ3n) is 5.28. The lowest BCUT2D eigenvalue weighted by Gasteiger charge is -2.26. The molecule has 0 bridgehead atoms. The standard InChI is InChI=1S/C24H16N4O10/c1-37-21-11-13(2-8-20(21)38-19-9-5-15(27(33)34)12-18(19)28(35)36)10-17-22(30)25-24(32)26(23(17)31)14-3-6-16(29)7-4-14/h2-12,29H,1H3,(H,25,30,32)/b17-10+. The number of non-ortho nitro benzene ring substituents is 1. The first-order valence-electron chi connectivity index (χ1n) is 10.6. The molecule has 4 amide bonds. The first kappa shape index (κ1) is 25.3. The molecule has 0 atom stereocenters. The van der Waals surface area contributed by atoms with Gasteiger partial charge in [-0.1, -0.05) is 6.07 Å². The van der Waals surface area contributed by atoms with Gasteiger partial charge in [0.15, 0.2) is 11.5 Å². The Kier molecular flexibility index (Phi) is 6.70. The number of phenolic OH excluding ortho intramolecular Hbond substituents is 1. The number of ether oxygens (including phenoxy) is 2. The van der Waals surface area contributed by atoms with E-state index in [1.165, 1.54) is 55.7 Å². The fourth-order valence-electron chi connectivity index (χ4n) is 3.49. The molecule has 0 unspecified atom stereocenters. The van der Waals surface area contributed by atoms with Crippen LogP contribution in [-0.2, 0) is 9.59 Å². The van der Waals surface area contributed by atoms with Crippen molar-refractivity contribution in [3.05, 3.63) is 92.0 Å². The molecule has 14 nitrogen and oxygen atoms in total. The first-order valence-corrected chi connectivity index (χ1v) is 10.6. The van der Waals surface area contributed by atoms with Gasteiger partial charge in [0, 0.05) is 6.07 Å². The lowest BCUT2D eigenvalue weighted by Crippen LogP contribution is -2.54. The maximum Gasteiger partial charge on any atom is 0.335 e. The maximum absolute atomic E-state index is 13.0. The molecule has 38 heavy (non-hydrogen) atoms. The molecule has 2 N–H and O–H groups in total. The van der Waals surface area contributed by atoms with Crippen LogP contribution in [0, 0.1) is 20.2 Å². The number of benzene rings is 3. The molecular formula is C24H16N4O10. The number of nitrogens with zero attached hydrogens (tertiary/aromatic N) is 3. The molecule has 1 fully saturated rings. The fourth-order valence-corrected chi connectivity index (χ4v) is 3.49. The summed E-state index contributed by atoms with van der Waals surface area (Å²) in [4.78, 5) is 59.2. The number of imide groups is 2. The number of nitro groups is 2. The maximum atomic E-state index is 13.0. The highest BCUT2D eigenvalue weighted by Crippen LogP contribution is 2.38. The van der Waals surface area contributed by atoms with Crippen LogP contribution in [0.5, 0.6) is 23.0 Å². The van der Waals surface area contributed by atoms with E-state index in [4.69, 9.17) is 9.47 Å². The number of aromatic hydroxyl groups is 1. The van der Waals surface area contributed by atoms with Crippen LogP contribution in [0.2, 0.25) is 0 Å². The smallest absolute Gasteiger partial charge is 0.335 e. The molecule has 0 radical (unpaired) electrons. The van der Waals surface area contributed by atoms with E-state index in [1.54, 1.807) is 0 Å². The van der Waals surface area contributed by atoms with Gasteiger partial charge in [-0.15, -0.1) is 0 Å². The summed E-state index contributed by atoms with van der Waals surface area (Å²) in [5.41, 5.74) is -1.11. The molecular weight excluding hydrogens is 504 g/mol. The second-order valence-corrected chi connectivity index (χ2v) is 7.65. The number of phenols is 1.